The lowest BCUT2D eigenvalue weighted by molar-refractivity contribution is -0.386. The van der Waals surface area contributed by atoms with E-state index in [9.17, 15) is 23.6 Å². The van der Waals surface area contributed by atoms with Crippen molar-refractivity contribution in [1.29, 1.82) is 0 Å². The third-order valence-corrected chi connectivity index (χ3v) is 4.63. The van der Waals surface area contributed by atoms with Gasteiger partial charge in [0.15, 0.2) is 17.2 Å². The van der Waals surface area contributed by atoms with Gasteiger partial charge in [-0.3, -0.25) is 14.8 Å². The van der Waals surface area contributed by atoms with Crippen molar-refractivity contribution in [2.75, 3.05) is 17.9 Å². The highest BCUT2D eigenvalue weighted by atomic mass is 32.2. The van der Waals surface area contributed by atoms with Crippen LogP contribution >= 0.6 is 0 Å². The number of nitro groups is 1. The van der Waals surface area contributed by atoms with Crippen molar-refractivity contribution < 1.29 is 27.9 Å². The Morgan fingerprint density at radius 2 is 1.73 bits per heavy atom. The average molecular weight is 382 g/mol. The third-order valence-electron chi connectivity index (χ3n) is 3.25. The Morgan fingerprint density at radius 3 is 2.35 bits per heavy atom. The monoisotopic (exact) mass is 382 g/mol. The molecule has 0 spiro atoms. The molecule has 9 nitrogen and oxygen atoms in total. The van der Waals surface area contributed by atoms with Gasteiger partial charge in [0.05, 0.1) is 28.7 Å². The summed E-state index contributed by atoms with van der Waals surface area (Å²) in [6.45, 7) is 4.37. The van der Waals surface area contributed by atoms with Crippen LogP contribution in [0.1, 0.15) is 13.8 Å². The molecule has 0 bridgehead atoms. The molecule has 2 N–H and O–H groups in total. The zero-order valence-electron chi connectivity index (χ0n) is 14.1. The van der Waals surface area contributed by atoms with Crippen molar-refractivity contribution in [2.45, 2.75) is 18.7 Å². The van der Waals surface area contributed by atoms with E-state index < -0.39 is 26.4 Å². The second-order valence-electron chi connectivity index (χ2n) is 5.04. The Balaban J connectivity index is 2.36. The van der Waals surface area contributed by atoms with E-state index in [2.05, 4.69) is 4.72 Å². The molecule has 0 fully saturated rings. The highest BCUT2D eigenvalue weighted by Gasteiger charge is 2.21. The molecule has 0 radical (unpaired) electrons. The van der Waals surface area contributed by atoms with Crippen LogP contribution in [0.3, 0.4) is 0 Å². The fourth-order valence-electron chi connectivity index (χ4n) is 2.15. The van der Waals surface area contributed by atoms with Gasteiger partial charge in [0.2, 0.25) is 0 Å². The molecule has 0 unspecified atom stereocenters. The predicted octanol–water partition coefficient (Wildman–Crippen LogP) is 2.90. The molecule has 0 saturated heterocycles. The molecular weight excluding hydrogens is 364 g/mol. The van der Waals surface area contributed by atoms with Crippen molar-refractivity contribution in [1.82, 2.24) is 0 Å². The molecule has 2 aromatic rings. The maximum atomic E-state index is 12.5. The lowest BCUT2D eigenvalue weighted by Gasteiger charge is -2.13. The van der Waals surface area contributed by atoms with E-state index in [0.717, 1.165) is 18.2 Å². The zero-order chi connectivity index (χ0) is 19.3. The van der Waals surface area contributed by atoms with Gasteiger partial charge in [0, 0.05) is 12.1 Å². The van der Waals surface area contributed by atoms with Gasteiger partial charge < -0.3 is 14.6 Å². The number of sulfonamides is 1. The summed E-state index contributed by atoms with van der Waals surface area (Å²) >= 11 is 0. The summed E-state index contributed by atoms with van der Waals surface area (Å²) in [6, 6.07) is 7.32. The number of nitrogens with zero attached hydrogens (tertiary/aromatic N) is 1. The van der Waals surface area contributed by atoms with E-state index in [1.54, 1.807) is 13.0 Å². The number of nitro benzene ring substituents is 1. The average Bonchev–Trinajstić information content (AvgIpc) is 2.57. The van der Waals surface area contributed by atoms with Crippen molar-refractivity contribution >= 4 is 21.4 Å². The molecule has 140 valence electrons. The van der Waals surface area contributed by atoms with Crippen molar-refractivity contribution in [3.8, 4) is 17.2 Å². The maximum Gasteiger partial charge on any atom is 0.312 e. The number of phenolic OH excluding ortho intramolecular Hbond substituents is 1. The first-order chi connectivity index (χ1) is 12.3. The van der Waals surface area contributed by atoms with Gasteiger partial charge in [-0.2, -0.15) is 0 Å². The van der Waals surface area contributed by atoms with Crippen molar-refractivity contribution in [2.24, 2.45) is 0 Å². The minimum atomic E-state index is -4.10. The fraction of sp³-hybridized carbons (Fsp3) is 0.250. The van der Waals surface area contributed by atoms with E-state index in [1.807, 2.05) is 6.92 Å². The van der Waals surface area contributed by atoms with Gasteiger partial charge in [-0.1, -0.05) is 0 Å². The zero-order valence-corrected chi connectivity index (χ0v) is 14.9. The van der Waals surface area contributed by atoms with E-state index in [4.69, 9.17) is 9.47 Å². The highest BCUT2D eigenvalue weighted by Crippen LogP contribution is 2.33. The van der Waals surface area contributed by atoms with E-state index in [0.29, 0.717) is 24.7 Å². The molecule has 0 atom stereocenters. The number of nitrogens with one attached hydrogen (secondary N) is 1. The first-order valence-corrected chi connectivity index (χ1v) is 9.16. The summed E-state index contributed by atoms with van der Waals surface area (Å²) in [7, 11) is -4.10. The summed E-state index contributed by atoms with van der Waals surface area (Å²) in [5, 5.41) is 20.3. The quantitative estimate of drug-likeness (QED) is 0.530. The summed E-state index contributed by atoms with van der Waals surface area (Å²) in [6.07, 6.45) is 0. The second-order valence-corrected chi connectivity index (χ2v) is 6.72. The van der Waals surface area contributed by atoms with Gasteiger partial charge in [0.1, 0.15) is 0 Å². The largest absolute Gasteiger partial charge is 0.502 e. The summed E-state index contributed by atoms with van der Waals surface area (Å²) < 4.78 is 38.1. The molecule has 0 heterocycles. The Bertz CT molecular complexity index is 913. The van der Waals surface area contributed by atoms with Crippen LogP contribution in [0, 0.1) is 10.1 Å². The number of ether oxygens (including phenoxy) is 2. The number of benzene rings is 2. The predicted molar refractivity (Wildman–Crippen MR) is 94.3 cm³/mol. The van der Waals surface area contributed by atoms with Crippen LogP contribution in [0.4, 0.5) is 11.4 Å². The number of anilines is 1. The van der Waals surface area contributed by atoms with Crippen LogP contribution in [0.5, 0.6) is 17.2 Å². The molecule has 0 aliphatic heterocycles. The normalized spacial score (nSPS) is 11.0. The van der Waals surface area contributed by atoms with E-state index in [-0.39, 0.29) is 10.6 Å². The van der Waals surface area contributed by atoms with Gasteiger partial charge in [-0.15, -0.1) is 0 Å². The number of rotatable bonds is 8. The SMILES string of the molecule is CCOc1ccc(NS(=O)(=O)c2ccc(O)c([N+](=O)[O-])c2)cc1OCC. The van der Waals surface area contributed by atoms with Crippen LogP contribution < -0.4 is 14.2 Å². The molecule has 0 aliphatic rings. The smallest absolute Gasteiger partial charge is 0.312 e. The van der Waals surface area contributed by atoms with Crippen molar-refractivity contribution in [3.63, 3.8) is 0 Å². The van der Waals surface area contributed by atoms with Gasteiger partial charge in [-0.25, -0.2) is 8.42 Å². The number of hydrogen-bond acceptors (Lipinski definition) is 7. The highest BCUT2D eigenvalue weighted by molar-refractivity contribution is 7.92. The standard InChI is InChI=1S/C16H18N2O7S/c1-3-24-15-8-5-11(9-16(15)25-4-2)17-26(22,23)12-6-7-14(19)13(10-12)18(20)21/h5-10,17,19H,3-4H2,1-2H3. The van der Waals surface area contributed by atoms with Gasteiger partial charge >= 0.3 is 5.69 Å². The van der Waals surface area contributed by atoms with Crippen LogP contribution in [0.15, 0.2) is 41.3 Å². The van der Waals surface area contributed by atoms with Gasteiger partial charge in [0.25, 0.3) is 10.0 Å². The van der Waals surface area contributed by atoms with Gasteiger partial charge in [-0.05, 0) is 38.1 Å². The molecule has 0 aliphatic carbocycles. The van der Waals surface area contributed by atoms with E-state index in [1.165, 1.54) is 12.1 Å². The number of hydrogen-bond donors (Lipinski definition) is 2. The van der Waals surface area contributed by atoms with Crippen LogP contribution in [0.2, 0.25) is 0 Å². The molecule has 10 heteroatoms. The summed E-state index contributed by atoms with van der Waals surface area (Å²) in [5.41, 5.74) is -0.498. The van der Waals surface area contributed by atoms with E-state index >= 15 is 0 Å². The molecular formula is C16H18N2O7S. The molecule has 2 rings (SSSR count). The number of aromatic hydroxyl groups is 1. The molecule has 26 heavy (non-hydrogen) atoms. The maximum absolute atomic E-state index is 12.5. The third kappa shape index (κ3) is 4.33. The van der Waals surface area contributed by atoms with Crippen LogP contribution in [0.25, 0.3) is 0 Å². The first-order valence-electron chi connectivity index (χ1n) is 7.68. The fourth-order valence-corrected chi connectivity index (χ4v) is 3.21. The minimum absolute atomic E-state index is 0.202. The topological polar surface area (TPSA) is 128 Å². The minimum Gasteiger partial charge on any atom is -0.502 e. The Kier molecular flexibility index (Phi) is 5.88. The summed E-state index contributed by atoms with van der Waals surface area (Å²) in [4.78, 5) is 9.66. The second kappa shape index (κ2) is 7.91. The lowest BCUT2D eigenvalue weighted by Crippen LogP contribution is -2.13. The number of phenols is 1. The first kappa shape index (κ1) is 19.3. The molecule has 2 aromatic carbocycles. The Labute approximate surface area is 150 Å². The van der Waals surface area contributed by atoms with Crippen LogP contribution in [-0.2, 0) is 10.0 Å². The lowest BCUT2D eigenvalue weighted by atomic mass is 10.3. The molecule has 0 amide bonds. The van der Waals surface area contributed by atoms with Crippen LogP contribution in [-0.4, -0.2) is 31.7 Å². The Hall–Kier alpha value is -3.01. The Morgan fingerprint density at radius 1 is 1.08 bits per heavy atom. The molecule has 0 saturated carbocycles. The summed E-state index contributed by atoms with van der Waals surface area (Å²) in [5.74, 6) is 0.220. The van der Waals surface area contributed by atoms with Crippen molar-refractivity contribution in [3.05, 3.63) is 46.5 Å². The molecule has 0 aromatic heterocycles.